The van der Waals surface area contributed by atoms with Crippen LogP contribution < -0.4 is 15.5 Å². The lowest BCUT2D eigenvalue weighted by Gasteiger charge is -2.15. The Kier molecular flexibility index (Phi) is 5.42. The van der Waals surface area contributed by atoms with E-state index in [9.17, 15) is 14.4 Å². The van der Waals surface area contributed by atoms with E-state index in [2.05, 4.69) is 10.6 Å². The molecule has 3 amide bonds. The number of amides is 3. The fourth-order valence-corrected chi connectivity index (χ4v) is 3.24. The van der Waals surface area contributed by atoms with Crippen molar-refractivity contribution in [1.29, 1.82) is 0 Å². The molecule has 6 heteroatoms. The molecule has 0 bridgehead atoms. The van der Waals surface area contributed by atoms with Gasteiger partial charge in [0, 0.05) is 42.0 Å². The maximum Gasteiger partial charge on any atom is 0.251 e. The Morgan fingerprint density at radius 3 is 2.34 bits per heavy atom. The Bertz CT molecular complexity index is 944. The molecule has 29 heavy (non-hydrogen) atoms. The van der Waals surface area contributed by atoms with Crippen LogP contribution in [0.25, 0.3) is 6.08 Å². The van der Waals surface area contributed by atoms with Crippen LogP contribution in [0.2, 0.25) is 0 Å². The number of nitrogens with zero attached hydrogens (tertiary/aromatic N) is 1. The third-order valence-electron chi connectivity index (χ3n) is 5.03. The molecule has 2 aliphatic rings. The zero-order chi connectivity index (χ0) is 20.2. The molecule has 0 aromatic heterocycles. The lowest BCUT2D eigenvalue weighted by atomic mass is 10.1. The van der Waals surface area contributed by atoms with Crippen LogP contribution in [0.3, 0.4) is 0 Å². The van der Waals surface area contributed by atoms with Gasteiger partial charge in [-0.25, -0.2) is 0 Å². The first kappa shape index (κ1) is 18.9. The third-order valence-corrected chi connectivity index (χ3v) is 5.03. The highest BCUT2D eigenvalue weighted by Crippen LogP contribution is 2.23. The molecular weight excluding hydrogens is 366 g/mol. The Balaban J connectivity index is 1.31. The van der Waals surface area contributed by atoms with Crippen LogP contribution in [-0.2, 0) is 9.59 Å². The van der Waals surface area contributed by atoms with Crippen LogP contribution in [-0.4, -0.2) is 30.3 Å². The lowest BCUT2D eigenvalue weighted by Crippen LogP contribution is -2.25. The summed E-state index contributed by atoms with van der Waals surface area (Å²) in [5, 5.41) is 5.75. The smallest absolute Gasteiger partial charge is 0.251 e. The summed E-state index contributed by atoms with van der Waals surface area (Å²) in [6.07, 6.45) is 6.75. The minimum Gasteiger partial charge on any atom is -0.349 e. The minimum atomic E-state index is -0.245. The number of hydrogen-bond donors (Lipinski definition) is 2. The first-order valence-electron chi connectivity index (χ1n) is 9.89. The van der Waals surface area contributed by atoms with E-state index in [0.717, 1.165) is 37.1 Å². The second-order valence-electron chi connectivity index (χ2n) is 7.39. The molecule has 2 aromatic carbocycles. The molecule has 0 radical (unpaired) electrons. The van der Waals surface area contributed by atoms with Gasteiger partial charge in [0.1, 0.15) is 0 Å². The van der Waals surface area contributed by atoms with Gasteiger partial charge in [0.05, 0.1) is 0 Å². The van der Waals surface area contributed by atoms with Crippen molar-refractivity contribution in [2.75, 3.05) is 16.8 Å². The molecule has 1 aliphatic carbocycles. The monoisotopic (exact) mass is 389 g/mol. The molecule has 1 saturated carbocycles. The van der Waals surface area contributed by atoms with Gasteiger partial charge in [0.15, 0.2) is 0 Å². The van der Waals surface area contributed by atoms with E-state index in [-0.39, 0.29) is 17.7 Å². The van der Waals surface area contributed by atoms with Crippen LogP contribution in [0.4, 0.5) is 11.4 Å². The second-order valence-corrected chi connectivity index (χ2v) is 7.39. The predicted octanol–water partition coefficient (Wildman–Crippen LogP) is 3.36. The van der Waals surface area contributed by atoms with Crippen molar-refractivity contribution < 1.29 is 14.4 Å². The number of carbonyl (C=O) groups excluding carboxylic acids is 3. The number of rotatable bonds is 6. The quantitative estimate of drug-likeness (QED) is 0.744. The van der Waals surface area contributed by atoms with E-state index in [1.807, 2.05) is 24.3 Å². The summed E-state index contributed by atoms with van der Waals surface area (Å²) in [4.78, 5) is 37.7. The normalized spacial score (nSPS) is 16.3. The summed E-state index contributed by atoms with van der Waals surface area (Å²) in [5.74, 6) is -0.161. The van der Waals surface area contributed by atoms with Gasteiger partial charge in [0.2, 0.25) is 11.8 Å². The Hall–Kier alpha value is -3.41. The number of anilines is 2. The van der Waals surface area contributed by atoms with Gasteiger partial charge in [-0.1, -0.05) is 12.1 Å². The van der Waals surface area contributed by atoms with Crippen LogP contribution in [0.5, 0.6) is 0 Å². The van der Waals surface area contributed by atoms with Crippen molar-refractivity contribution in [1.82, 2.24) is 5.32 Å². The highest BCUT2D eigenvalue weighted by molar-refractivity contribution is 6.02. The van der Waals surface area contributed by atoms with Gasteiger partial charge >= 0.3 is 0 Å². The SMILES string of the molecule is O=C(/C=C/c1ccc(C(=O)NC2CC2)cc1)Nc1ccc(N2CCCC2=O)cc1. The predicted molar refractivity (Wildman–Crippen MR) is 113 cm³/mol. The summed E-state index contributed by atoms with van der Waals surface area (Å²) >= 11 is 0. The molecule has 0 spiro atoms. The van der Waals surface area contributed by atoms with Crippen molar-refractivity contribution in [3.8, 4) is 0 Å². The highest BCUT2D eigenvalue weighted by atomic mass is 16.2. The van der Waals surface area contributed by atoms with Crippen LogP contribution in [0.15, 0.2) is 54.6 Å². The molecule has 4 rings (SSSR count). The molecule has 1 heterocycles. The summed E-state index contributed by atoms with van der Waals surface area (Å²) in [5.41, 5.74) is 2.98. The largest absolute Gasteiger partial charge is 0.349 e. The standard InChI is InChI=1S/C23H23N3O3/c27-21(24-18-10-12-20(13-11-18)26-15-1-2-22(26)28)14-5-16-3-6-17(7-4-16)23(29)25-19-8-9-19/h3-7,10-14,19H,1-2,8-9,15H2,(H,24,27)(H,25,29)/b14-5+. The van der Waals surface area contributed by atoms with E-state index < -0.39 is 0 Å². The zero-order valence-electron chi connectivity index (χ0n) is 16.1. The van der Waals surface area contributed by atoms with Crippen molar-refractivity contribution in [3.05, 3.63) is 65.7 Å². The summed E-state index contributed by atoms with van der Waals surface area (Å²) in [6.45, 7) is 0.744. The molecule has 148 valence electrons. The molecular formula is C23H23N3O3. The fourth-order valence-electron chi connectivity index (χ4n) is 3.24. The number of carbonyl (C=O) groups is 3. The van der Waals surface area contributed by atoms with E-state index in [0.29, 0.717) is 23.7 Å². The molecule has 1 saturated heterocycles. The van der Waals surface area contributed by atoms with Crippen LogP contribution >= 0.6 is 0 Å². The molecule has 2 fully saturated rings. The maximum atomic E-state index is 12.2. The van der Waals surface area contributed by atoms with Gasteiger partial charge in [-0.05, 0) is 67.3 Å². The molecule has 2 aromatic rings. The average Bonchev–Trinajstić information content (AvgIpc) is 3.45. The zero-order valence-corrected chi connectivity index (χ0v) is 16.1. The van der Waals surface area contributed by atoms with Crippen molar-refractivity contribution in [2.45, 2.75) is 31.7 Å². The Labute approximate surface area is 169 Å². The van der Waals surface area contributed by atoms with Gasteiger partial charge in [-0.3, -0.25) is 14.4 Å². The van der Waals surface area contributed by atoms with Crippen LogP contribution in [0, 0.1) is 0 Å². The number of hydrogen-bond acceptors (Lipinski definition) is 3. The van der Waals surface area contributed by atoms with Gasteiger partial charge in [-0.15, -0.1) is 0 Å². The van der Waals surface area contributed by atoms with Gasteiger partial charge in [0.25, 0.3) is 5.91 Å². The Morgan fingerprint density at radius 2 is 1.72 bits per heavy atom. The number of benzene rings is 2. The first-order valence-corrected chi connectivity index (χ1v) is 9.89. The van der Waals surface area contributed by atoms with Crippen molar-refractivity contribution in [2.24, 2.45) is 0 Å². The number of nitrogens with one attached hydrogen (secondary N) is 2. The van der Waals surface area contributed by atoms with Gasteiger partial charge < -0.3 is 15.5 Å². The maximum absolute atomic E-state index is 12.2. The summed E-state index contributed by atoms with van der Waals surface area (Å²) in [6, 6.07) is 14.7. The molecule has 6 nitrogen and oxygen atoms in total. The van der Waals surface area contributed by atoms with E-state index in [1.165, 1.54) is 6.08 Å². The summed E-state index contributed by atoms with van der Waals surface area (Å²) < 4.78 is 0. The molecule has 1 aliphatic heterocycles. The Morgan fingerprint density at radius 1 is 1.00 bits per heavy atom. The van der Waals surface area contributed by atoms with Crippen LogP contribution in [0.1, 0.15) is 41.6 Å². The average molecular weight is 389 g/mol. The van der Waals surface area contributed by atoms with E-state index >= 15 is 0 Å². The van der Waals surface area contributed by atoms with Crippen molar-refractivity contribution in [3.63, 3.8) is 0 Å². The molecule has 2 N–H and O–H groups in total. The molecule has 0 atom stereocenters. The summed E-state index contributed by atoms with van der Waals surface area (Å²) in [7, 11) is 0. The lowest BCUT2D eigenvalue weighted by molar-refractivity contribution is -0.117. The fraction of sp³-hybridized carbons (Fsp3) is 0.261. The first-order chi connectivity index (χ1) is 14.1. The topological polar surface area (TPSA) is 78.5 Å². The van der Waals surface area contributed by atoms with Crippen molar-refractivity contribution >= 4 is 35.2 Å². The minimum absolute atomic E-state index is 0.0557. The van der Waals surface area contributed by atoms with E-state index in [1.54, 1.807) is 35.2 Å². The second kappa shape index (κ2) is 8.31. The third kappa shape index (κ3) is 4.90. The molecule has 0 unspecified atom stereocenters. The highest BCUT2D eigenvalue weighted by Gasteiger charge is 2.23. The van der Waals surface area contributed by atoms with Gasteiger partial charge in [-0.2, -0.15) is 0 Å². The van der Waals surface area contributed by atoms with E-state index in [4.69, 9.17) is 0 Å².